The standard InChI is InChI=1S/C70H97NO9P2/c1-63(2,3)41-31-45-46-32-42(64(4,5)6)36-50(68(16,17)18)56(46)77-81(76-55(45)49(35-41)67(13,14)15)71-54-60(59-53(74-62(54)72-25)39-73-61(75-59)40-29-27-26-28-30-40)80-82-78-57-47(33-43(65(7,8)9)37-51(57)69(19,20)21)48-34-44(66(10,11)12)38-52(58(48)79-82)70(22,23)24/h26-38,53-54,59-62,71H,39H2,1-25H3/t53-,54-,59-,60-,61-,62+/m1/s1. The monoisotopic (exact) mass is 1160 g/mol. The molecule has 2 saturated heterocycles. The van der Waals surface area contributed by atoms with Crippen LogP contribution in [-0.4, -0.2) is 44.4 Å². The van der Waals surface area contributed by atoms with Gasteiger partial charge in [-0.1, -0.05) is 221 Å². The number of hydrogen-bond donors (Lipinski definition) is 1. The van der Waals surface area contributed by atoms with E-state index in [2.05, 4.69) is 220 Å². The van der Waals surface area contributed by atoms with Gasteiger partial charge in [-0.3, -0.25) is 4.52 Å². The van der Waals surface area contributed by atoms with Crippen LogP contribution >= 0.6 is 16.4 Å². The Hall–Kier alpha value is -4.34. The minimum atomic E-state index is -2.28. The predicted octanol–water partition coefficient (Wildman–Crippen LogP) is 20.2. The van der Waals surface area contributed by atoms with E-state index in [9.17, 15) is 0 Å². The van der Waals surface area contributed by atoms with E-state index in [4.69, 9.17) is 40.3 Å². The molecular weight excluding hydrogens is 1060 g/mol. The molecule has 2 aliphatic rings. The lowest BCUT2D eigenvalue weighted by Crippen LogP contribution is -2.65. The summed E-state index contributed by atoms with van der Waals surface area (Å²) >= 11 is 0. The van der Waals surface area contributed by atoms with E-state index < -0.39 is 53.3 Å². The molecule has 0 bridgehead atoms. The van der Waals surface area contributed by atoms with Crippen molar-refractivity contribution in [3.8, 4) is 0 Å². The number of ether oxygens (including phenoxy) is 4. The van der Waals surface area contributed by atoms with Crippen molar-refractivity contribution in [3.05, 3.63) is 129 Å². The molecule has 5 aromatic carbocycles. The van der Waals surface area contributed by atoms with Crippen molar-refractivity contribution in [1.82, 2.24) is 0 Å². The van der Waals surface area contributed by atoms with Gasteiger partial charge in [-0.05, 0) is 89.8 Å². The number of nitrogens with one attached hydrogen (secondary N) is 1. The molecule has 0 amide bonds. The molecule has 0 aliphatic carbocycles. The van der Waals surface area contributed by atoms with Gasteiger partial charge in [0.1, 0.15) is 46.7 Å². The summed E-state index contributed by atoms with van der Waals surface area (Å²) in [6.45, 7) is 54.6. The normalized spacial score (nSPS) is 20.9. The lowest BCUT2D eigenvalue weighted by atomic mass is 9.77. The Morgan fingerprint density at radius 3 is 1.12 bits per heavy atom. The van der Waals surface area contributed by atoms with Crippen molar-refractivity contribution >= 4 is 60.3 Å². The Kier molecular flexibility index (Phi) is 16.4. The Balaban J connectivity index is 1.38. The summed E-state index contributed by atoms with van der Waals surface area (Å²) in [4.78, 5) is 0. The summed E-state index contributed by atoms with van der Waals surface area (Å²) in [6, 6.07) is 27.8. The molecule has 10 nitrogen and oxygen atoms in total. The first-order valence-corrected chi connectivity index (χ1v) is 31.9. The number of fused-ring (bicyclic) bond motifs is 7. The van der Waals surface area contributed by atoms with Crippen LogP contribution in [0, 0.1) is 0 Å². The molecule has 0 saturated carbocycles. The molecule has 446 valence electrons. The summed E-state index contributed by atoms with van der Waals surface area (Å²) in [5, 5.41) is 7.91. The maximum absolute atomic E-state index is 7.75. The zero-order chi connectivity index (χ0) is 60.4. The van der Waals surface area contributed by atoms with Gasteiger partial charge < -0.3 is 35.7 Å². The topological polar surface area (TPSA) is 111 Å². The Morgan fingerprint density at radius 2 is 0.793 bits per heavy atom. The molecule has 1 N–H and O–H groups in total. The molecule has 2 fully saturated rings. The van der Waals surface area contributed by atoms with E-state index in [1.54, 1.807) is 7.11 Å². The first-order valence-electron chi connectivity index (χ1n) is 29.6. The molecule has 0 spiro atoms. The van der Waals surface area contributed by atoms with Crippen LogP contribution in [0.15, 0.2) is 95.6 Å². The fraction of sp³-hybridized carbons (Fsp3) is 0.571. The third kappa shape index (κ3) is 12.6. The molecule has 6 atom stereocenters. The van der Waals surface area contributed by atoms with Crippen LogP contribution in [0.4, 0.5) is 0 Å². The minimum Gasteiger partial charge on any atom is -0.408 e. The van der Waals surface area contributed by atoms with Crippen molar-refractivity contribution in [2.24, 2.45) is 0 Å². The molecule has 7 aromatic rings. The number of methoxy groups -OCH3 is 1. The van der Waals surface area contributed by atoms with Crippen LogP contribution in [0.1, 0.15) is 223 Å². The first-order chi connectivity index (χ1) is 37.6. The Labute approximate surface area is 492 Å². The van der Waals surface area contributed by atoms with Gasteiger partial charge in [0, 0.05) is 56.5 Å². The second-order valence-electron chi connectivity index (χ2n) is 31.6. The quantitative estimate of drug-likeness (QED) is 0.173. The molecule has 9 rings (SSSR count). The van der Waals surface area contributed by atoms with Crippen molar-refractivity contribution in [3.63, 3.8) is 0 Å². The van der Waals surface area contributed by atoms with Gasteiger partial charge in [-0.25, -0.2) is 5.09 Å². The highest BCUT2D eigenvalue weighted by molar-refractivity contribution is 7.38. The third-order valence-electron chi connectivity index (χ3n) is 16.4. The van der Waals surface area contributed by atoms with E-state index in [-0.39, 0.29) is 49.9 Å². The number of rotatable bonds is 6. The van der Waals surface area contributed by atoms with Gasteiger partial charge in [-0.2, -0.15) is 0 Å². The Morgan fingerprint density at radius 1 is 0.439 bits per heavy atom. The van der Waals surface area contributed by atoms with E-state index in [1.807, 2.05) is 30.3 Å². The molecule has 4 heterocycles. The highest BCUT2D eigenvalue weighted by Gasteiger charge is 2.53. The van der Waals surface area contributed by atoms with Crippen LogP contribution < -0.4 is 9.61 Å². The SMILES string of the molecule is CO[C@H]1O[C@@H]2CO[C@@H](c3ccccc3)O[C@H]2[C@H](Op2oc3c(C(C)(C)C)cc(C(C)(C)C)cc3c3cc(C(C)(C)C)cc(C(C)(C)C)c3o2)[C@H]1Np1oc2c(C(C)(C)C)cc(C(C)(C)C)cc2c2cc(C(C)(C)C)cc(C(C)(C)C)c2o1. The number of benzene rings is 5. The average molecular weight is 1160 g/mol. The second kappa shape index (κ2) is 21.6. The van der Waals surface area contributed by atoms with Crippen molar-refractivity contribution in [2.45, 2.75) is 246 Å². The second-order valence-corrected chi connectivity index (χ2v) is 33.8. The molecule has 0 radical (unpaired) electrons. The van der Waals surface area contributed by atoms with E-state index in [0.717, 1.165) is 71.7 Å². The first kappa shape index (κ1) is 62.2. The van der Waals surface area contributed by atoms with Gasteiger partial charge in [0.15, 0.2) is 12.6 Å². The maximum Gasteiger partial charge on any atom is 0.387 e. The van der Waals surface area contributed by atoms with Crippen LogP contribution in [0.25, 0.3) is 43.9 Å². The highest BCUT2D eigenvalue weighted by atomic mass is 31.1. The highest BCUT2D eigenvalue weighted by Crippen LogP contribution is 2.50. The van der Waals surface area contributed by atoms with E-state index in [1.165, 1.54) is 22.3 Å². The van der Waals surface area contributed by atoms with Gasteiger partial charge >= 0.3 is 16.4 Å². The van der Waals surface area contributed by atoms with Crippen LogP contribution in [0.3, 0.4) is 0 Å². The van der Waals surface area contributed by atoms with Crippen molar-refractivity contribution in [2.75, 3.05) is 18.8 Å². The smallest absolute Gasteiger partial charge is 0.387 e. The lowest BCUT2D eigenvalue weighted by molar-refractivity contribution is -0.331. The minimum absolute atomic E-state index is 0.163. The summed E-state index contributed by atoms with van der Waals surface area (Å²) in [5.41, 5.74) is 11.1. The van der Waals surface area contributed by atoms with Crippen molar-refractivity contribution in [1.29, 1.82) is 0 Å². The van der Waals surface area contributed by atoms with E-state index in [0.29, 0.717) is 0 Å². The maximum atomic E-state index is 7.75. The Bertz CT molecular complexity index is 3410. The molecular formula is C70H97NO9P2. The number of hydrogen-bond acceptors (Lipinski definition) is 10. The van der Waals surface area contributed by atoms with Crippen LogP contribution in [0.2, 0.25) is 0 Å². The third-order valence-corrected chi connectivity index (χ3v) is 18.7. The molecule has 0 unspecified atom stereocenters. The van der Waals surface area contributed by atoms with E-state index >= 15 is 0 Å². The zero-order valence-electron chi connectivity index (χ0n) is 54.2. The van der Waals surface area contributed by atoms with Crippen molar-refractivity contribution < 1.29 is 40.3 Å². The van der Waals surface area contributed by atoms with Crippen LogP contribution in [0.5, 0.6) is 0 Å². The van der Waals surface area contributed by atoms with Gasteiger partial charge in [0.05, 0.1) is 6.61 Å². The predicted molar refractivity (Wildman–Crippen MR) is 341 cm³/mol. The molecule has 82 heavy (non-hydrogen) atoms. The molecule has 2 aromatic heterocycles. The molecule has 12 heteroatoms. The summed E-state index contributed by atoms with van der Waals surface area (Å²) in [6.07, 6.45) is -3.82. The van der Waals surface area contributed by atoms with Gasteiger partial charge in [-0.15, -0.1) is 0 Å². The average Bonchev–Trinajstić information content (AvgIpc) is 3.41. The summed E-state index contributed by atoms with van der Waals surface area (Å²) in [7, 11) is -2.68. The molecule has 2 aliphatic heterocycles. The summed E-state index contributed by atoms with van der Waals surface area (Å²) in [5.74, 6) is 0. The summed E-state index contributed by atoms with van der Waals surface area (Å²) < 4.78 is 65.1. The lowest BCUT2D eigenvalue weighted by Gasteiger charge is -2.48. The largest absolute Gasteiger partial charge is 0.408 e. The fourth-order valence-electron chi connectivity index (χ4n) is 11.2. The fourth-order valence-corrected chi connectivity index (χ4v) is 13.8. The van der Waals surface area contributed by atoms with Gasteiger partial charge in [0.2, 0.25) is 0 Å². The zero-order valence-corrected chi connectivity index (χ0v) is 56.0. The van der Waals surface area contributed by atoms with Crippen LogP contribution in [-0.2, 0) is 62.3 Å². The van der Waals surface area contributed by atoms with Gasteiger partial charge in [0.25, 0.3) is 0 Å².